The van der Waals surface area contributed by atoms with Crippen LogP contribution in [0.25, 0.3) is 0 Å². The van der Waals surface area contributed by atoms with Crippen molar-refractivity contribution in [3.05, 3.63) is 65.2 Å². The van der Waals surface area contributed by atoms with Crippen LogP contribution in [0.2, 0.25) is 0 Å². The van der Waals surface area contributed by atoms with Crippen LogP contribution in [0.5, 0.6) is 0 Å². The first-order chi connectivity index (χ1) is 16.1. The highest BCUT2D eigenvalue weighted by atomic mass is 16.7. The van der Waals surface area contributed by atoms with E-state index in [4.69, 9.17) is 15.2 Å². The number of aliphatic hydroxyl groups is 1. The SMILES string of the molecule is C[C@@H]1[C@H](CN2CC3(C)CC2CC(C)(C)C3)O[C@H](c2cccc(N)c2)O[C@@H]1c1ccc(CO)cc1. The fourth-order valence-corrected chi connectivity index (χ4v) is 7.06. The van der Waals surface area contributed by atoms with Crippen LogP contribution >= 0.6 is 0 Å². The van der Waals surface area contributed by atoms with Crippen LogP contribution in [0.15, 0.2) is 48.5 Å². The summed E-state index contributed by atoms with van der Waals surface area (Å²) in [6.07, 6.45) is 3.34. The van der Waals surface area contributed by atoms with E-state index in [1.165, 1.54) is 19.3 Å². The van der Waals surface area contributed by atoms with Gasteiger partial charge in [0.1, 0.15) is 0 Å². The van der Waals surface area contributed by atoms with Gasteiger partial charge in [0.15, 0.2) is 6.29 Å². The molecule has 2 unspecified atom stereocenters. The van der Waals surface area contributed by atoms with E-state index >= 15 is 0 Å². The van der Waals surface area contributed by atoms with Crippen LogP contribution in [0.1, 0.15) is 76.0 Å². The number of nitrogens with zero attached hydrogens (tertiary/aromatic N) is 1. The minimum absolute atomic E-state index is 0.0461. The molecule has 2 heterocycles. The summed E-state index contributed by atoms with van der Waals surface area (Å²) < 4.78 is 13.2. The summed E-state index contributed by atoms with van der Waals surface area (Å²) in [7, 11) is 0. The molecule has 5 rings (SSSR count). The van der Waals surface area contributed by atoms with Gasteiger partial charge in [-0.15, -0.1) is 0 Å². The van der Waals surface area contributed by atoms with Crippen molar-refractivity contribution in [3.8, 4) is 0 Å². The molecule has 0 aromatic heterocycles. The quantitative estimate of drug-likeness (QED) is 0.576. The fourth-order valence-electron chi connectivity index (χ4n) is 7.06. The monoisotopic (exact) mass is 464 g/mol. The highest BCUT2D eigenvalue weighted by molar-refractivity contribution is 5.41. The Morgan fingerprint density at radius 3 is 2.50 bits per heavy atom. The lowest BCUT2D eigenvalue weighted by atomic mass is 9.65. The maximum atomic E-state index is 9.47. The van der Waals surface area contributed by atoms with E-state index in [0.29, 0.717) is 22.6 Å². The minimum atomic E-state index is -0.457. The Bertz CT molecular complexity index is 1010. The van der Waals surface area contributed by atoms with Crippen molar-refractivity contribution in [2.75, 3.05) is 18.8 Å². The smallest absolute Gasteiger partial charge is 0.185 e. The van der Waals surface area contributed by atoms with Crippen molar-refractivity contribution in [2.45, 2.75) is 78.1 Å². The number of benzene rings is 2. The molecular weight excluding hydrogens is 424 g/mol. The summed E-state index contributed by atoms with van der Waals surface area (Å²) in [5.41, 5.74) is 10.6. The first kappa shape index (κ1) is 23.8. The van der Waals surface area contributed by atoms with E-state index in [1.807, 2.05) is 36.4 Å². The van der Waals surface area contributed by atoms with Crippen LogP contribution in [0.3, 0.4) is 0 Å². The van der Waals surface area contributed by atoms with Gasteiger partial charge in [-0.25, -0.2) is 0 Å². The Labute approximate surface area is 204 Å². The maximum Gasteiger partial charge on any atom is 0.185 e. The van der Waals surface area contributed by atoms with Crippen molar-refractivity contribution in [1.82, 2.24) is 4.90 Å². The molecule has 2 bridgehead atoms. The number of rotatable bonds is 5. The van der Waals surface area contributed by atoms with Gasteiger partial charge in [-0.2, -0.15) is 0 Å². The van der Waals surface area contributed by atoms with Crippen LogP contribution < -0.4 is 5.73 Å². The van der Waals surface area contributed by atoms with Crippen LogP contribution in [0, 0.1) is 16.7 Å². The largest absolute Gasteiger partial charge is 0.399 e. The Morgan fingerprint density at radius 1 is 1.03 bits per heavy atom. The van der Waals surface area contributed by atoms with Crippen molar-refractivity contribution in [2.24, 2.45) is 16.7 Å². The molecular formula is C29H40N2O3. The molecule has 5 nitrogen and oxygen atoms in total. The lowest BCUT2D eigenvalue weighted by Gasteiger charge is -2.43. The van der Waals surface area contributed by atoms with Crippen molar-refractivity contribution < 1.29 is 14.6 Å². The number of hydrogen-bond donors (Lipinski definition) is 2. The molecule has 34 heavy (non-hydrogen) atoms. The highest BCUT2D eigenvalue weighted by Crippen LogP contribution is 2.53. The summed E-state index contributed by atoms with van der Waals surface area (Å²) in [6, 6.07) is 16.6. The summed E-state index contributed by atoms with van der Waals surface area (Å²) in [5, 5.41) is 9.47. The second kappa shape index (κ2) is 8.94. The van der Waals surface area contributed by atoms with Gasteiger partial charge < -0.3 is 20.3 Å². The standard InChI is InChI=1S/C29H40N2O3/c1-19-25(15-31-18-29(4)14-24(31)13-28(2,3)17-29)33-27(22-6-5-7-23(30)12-22)34-26(19)21-10-8-20(16-32)9-11-21/h5-12,19,24-27,32H,13-18,30H2,1-4H3/t19-,24?,25+,26+,27+,29?/m1/s1. The van der Waals surface area contributed by atoms with Gasteiger partial charge in [0.25, 0.3) is 0 Å². The number of nitrogen functional groups attached to an aromatic ring is 1. The minimum Gasteiger partial charge on any atom is -0.399 e. The summed E-state index contributed by atoms with van der Waals surface area (Å²) >= 11 is 0. The zero-order valence-corrected chi connectivity index (χ0v) is 21.0. The van der Waals surface area contributed by atoms with Crippen molar-refractivity contribution in [1.29, 1.82) is 0 Å². The van der Waals surface area contributed by atoms with Gasteiger partial charge in [-0.3, -0.25) is 4.90 Å². The summed E-state index contributed by atoms with van der Waals surface area (Å²) in [6.45, 7) is 11.7. The zero-order valence-electron chi connectivity index (χ0n) is 21.0. The molecule has 2 aliphatic heterocycles. The average Bonchev–Trinajstić information content (AvgIpc) is 3.02. The third-order valence-electron chi connectivity index (χ3n) is 8.24. The van der Waals surface area contributed by atoms with E-state index < -0.39 is 6.29 Å². The Morgan fingerprint density at radius 2 is 1.79 bits per heavy atom. The van der Waals surface area contributed by atoms with E-state index in [1.54, 1.807) is 0 Å². The van der Waals surface area contributed by atoms with Crippen LogP contribution in [0.4, 0.5) is 5.69 Å². The third-order valence-corrected chi connectivity index (χ3v) is 8.24. The molecule has 3 fully saturated rings. The zero-order chi connectivity index (χ0) is 24.1. The summed E-state index contributed by atoms with van der Waals surface area (Å²) in [4.78, 5) is 2.70. The molecule has 1 aliphatic carbocycles. The van der Waals surface area contributed by atoms with E-state index in [-0.39, 0.29) is 24.7 Å². The number of hydrogen-bond acceptors (Lipinski definition) is 5. The van der Waals surface area contributed by atoms with Gasteiger partial charge in [0.2, 0.25) is 0 Å². The number of likely N-dealkylation sites (tertiary alicyclic amines) is 1. The molecule has 3 aliphatic rings. The summed E-state index contributed by atoms with van der Waals surface area (Å²) in [5.74, 6) is 0.193. The maximum absolute atomic E-state index is 9.47. The predicted molar refractivity (Wildman–Crippen MR) is 135 cm³/mol. The third kappa shape index (κ3) is 4.76. The topological polar surface area (TPSA) is 68.0 Å². The number of nitrogens with two attached hydrogens (primary N) is 1. The molecule has 3 N–H and O–H groups in total. The Hall–Kier alpha value is -1.92. The van der Waals surface area contributed by atoms with Gasteiger partial charge in [0, 0.05) is 36.3 Å². The lowest BCUT2D eigenvalue weighted by molar-refractivity contribution is -0.276. The van der Waals surface area contributed by atoms with Gasteiger partial charge in [-0.1, -0.05) is 64.1 Å². The second-order valence-electron chi connectivity index (χ2n) is 12.1. The van der Waals surface area contributed by atoms with Gasteiger partial charge >= 0.3 is 0 Å². The normalized spacial score (nSPS) is 35.4. The number of anilines is 1. The first-order valence-corrected chi connectivity index (χ1v) is 12.7. The molecule has 2 aromatic rings. The fraction of sp³-hybridized carbons (Fsp3) is 0.586. The molecule has 1 saturated carbocycles. The number of fused-ring (bicyclic) bond motifs is 2. The Balaban J connectivity index is 1.42. The molecule has 2 saturated heterocycles. The highest BCUT2D eigenvalue weighted by Gasteiger charge is 2.51. The van der Waals surface area contributed by atoms with Gasteiger partial charge in [0.05, 0.1) is 18.8 Å². The first-order valence-electron chi connectivity index (χ1n) is 12.7. The van der Waals surface area contributed by atoms with E-state index in [9.17, 15) is 5.11 Å². The lowest BCUT2D eigenvalue weighted by Crippen LogP contribution is -2.46. The van der Waals surface area contributed by atoms with Crippen LogP contribution in [-0.4, -0.2) is 35.2 Å². The van der Waals surface area contributed by atoms with Gasteiger partial charge in [-0.05, 0) is 53.4 Å². The average molecular weight is 465 g/mol. The molecule has 184 valence electrons. The van der Waals surface area contributed by atoms with E-state index in [2.05, 4.69) is 44.7 Å². The molecule has 0 radical (unpaired) electrons. The number of aliphatic hydroxyl groups excluding tert-OH is 1. The molecule has 5 heteroatoms. The van der Waals surface area contributed by atoms with Crippen molar-refractivity contribution in [3.63, 3.8) is 0 Å². The second-order valence-corrected chi connectivity index (χ2v) is 12.1. The molecule has 6 atom stereocenters. The molecule has 0 amide bonds. The Kier molecular flexibility index (Phi) is 6.26. The van der Waals surface area contributed by atoms with Crippen LogP contribution in [-0.2, 0) is 16.1 Å². The number of ether oxygens (including phenoxy) is 2. The predicted octanol–water partition coefficient (Wildman–Crippen LogP) is 5.45. The molecule has 0 spiro atoms. The molecule has 2 aromatic carbocycles. The van der Waals surface area contributed by atoms with E-state index in [0.717, 1.165) is 29.8 Å². The van der Waals surface area contributed by atoms with Crippen molar-refractivity contribution >= 4 is 5.69 Å².